The third-order valence-corrected chi connectivity index (χ3v) is 3.71. The van der Waals surface area contributed by atoms with E-state index in [1.807, 2.05) is 38.2 Å². The predicted molar refractivity (Wildman–Crippen MR) is 80.0 cm³/mol. The molecule has 0 aromatic heterocycles. The van der Waals surface area contributed by atoms with Crippen LogP contribution in [0.15, 0.2) is 24.3 Å². The number of methoxy groups -OCH3 is 2. The van der Waals surface area contributed by atoms with Crippen molar-refractivity contribution in [3.05, 3.63) is 29.8 Å². The smallest absolute Gasteiger partial charge is 0.254 e. The second-order valence-electron chi connectivity index (χ2n) is 5.50. The quantitative estimate of drug-likeness (QED) is 0.803. The van der Waals surface area contributed by atoms with Gasteiger partial charge in [-0.1, -0.05) is 18.2 Å². The first-order chi connectivity index (χ1) is 9.33. The summed E-state index contributed by atoms with van der Waals surface area (Å²) in [7, 11) is 5.02. The van der Waals surface area contributed by atoms with Crippen molar-refractivity contribution in [1.82, 2.24) is 4.90 Å². The van der Waals surface area contributed by atoms with E-state index in [-0.39, 0.29) is 11.9 Å². The standard InChI is InChI=1S/C16H25NO3/c1-12(17(4)15(18)16(2,3)20-6)11-13-9-7-8-10-14(13)19-5/h7-10,12H,11H2,1-6H3. The van der Waals surface area contributed by atoms with Crippen molar-refractivity contribution in [2.24, 2.45) is 0 Å². The molecule has 0 spiro atoms. The lowest BCUT2D eigenvalue weighted by Gasteiger charge is -2.32. The number of likely N-dealkylation sites (N-methyl/N-ethyl adjacent to an activating group) is 1. The number of nitrogens with zero attached hydrogens (tertiary/aromatic N) is 1. The van der Waals surface area contributed by atoms with Crippen LogP contribution < -0.4 is 4.74 Å². The lowest BCUT2D eigenvalue weighted by molar-refractivity contribution is -0.151. The molecule has 20 heavy (non-hydrogen) atoms. The summed E-state index contributed by atoms with van der Waals surface area (Å²) >= 11 is 0. The van der Waals surface area contributed by atoms with Gasteiger partial charge in [-0.15, -0.1) is 0 Å². The number of benzene rings is 1. The van der Waals surface area contributed by atoms with E-state index in [1.165, 1.54) is 0 Å². The molecule has 4 nitrogen and oxygen atoms in total. The SMILES string of the molecule is COc1ccccc1CC(C)N(C)C(=O)C(C)(C)OC. The Hall–Kier alpha value is -1.55. The van der Waals surface area contributed by atoms with E-state index in [1.54, 1.807) is 33.0 Å². The lowest BCUT2D eigenvalue weighted by Crippen LogP contribution is -2.48. The van der Waals surface area contributed by atoms with Gasteiger partial charge in [0, 0.05) is 20.2 Å². The van der Waals surface area contributed by atoms with E-state index in [0.717, 1.165) is 17.7 Å². The van der Waals surface area contributed by atoms with Crippen molar-refractivity contribution in [1.29, 1.82) is 0 Å². The van der Waals surface area contributed by atoms with Gasteiger partial charge in [0.1, 0.15) is 11.4 Å². The Bertz CT molecular complexity index is 457. The number of amides is 1. The average molecular weight is 279 g/mol. The van der Waals surface area contributed by atoms with E-state index in [2.05, 4.69) is 0 Å². The molecular formula is C16H25NO3. The highest BCUT2D eigenvalue weighted by molar-refractivity contribution is 5.84. The van der Waals surface area contributed by atoms with Crippen molar-refractivity contribution in [3.63, 3.8) is 0 Å². The molecule has 0 aliphatic rings. The molecule has 1 aromatic rings. The van der Waals surface area contributed by atoms with Crippen LogP contribution in [0.2, 0.25) is 0 Å². The second-order valence-corrected chi connectivity index (χ2v) is 5.50. The summed E-state index contributed by atoms with van der Waals surface area (Å²) in [5.74, 6) is 0.827. The summed E-state index contributed by atoms with van der Waals surface area (Å²) in [6.07, 6.45) is 0.742. The van der Waals surface area contributed by atoms with Gasteiger partial charge in [-0.05, 0) is 38.8 Å². The Kier molecular flexibility index (Phi) is 5.57. The Morgan fingerprint density at radius 3 is 2.45 bits per heavy atom. The molecule has 0 fully saturated rings. The molecule has 0 heterocycles. The van der Waals surface area contributed by atoms with E-state index in [0.29, 0.717) is 0 Å². The van der Waals surface area contributed by atoms with Gasteiger partial charge in [-0.25, -0.2) is 0 Å². The monoisotopic (exact) mass is 279 g/mol. The minimum atomic E-state index is -0.802. The van der Waals surface area contributed by atoms with Gasteiger partial charge in [0.25, 0.3) is 5.91 Å². The zero-order valence-electron chi connectivity index (χ0n) is 13.3. The number of carbonyl (C=O) groups excluding carboxylic acids is 1. The molecule has 112 valence electrons. The number of para-hydroxylation sites is 1. The summed E-state index contributed by atoms with van der Waals surface area (Å²) < 4.78 is 10.6. The van der Waals surface area contributed by atoms with Crippen LogP contribution in [-0.4, -0.2) is 43.7 Å². The fraction of sp³-hybridized carbons (Fsp3) is 0.562. The number of rotatable bonds is 6. The van der Waals surface area contributed by atoms with Crippen LogP contribution >= 0.6 is 0 Å². The first-order valence-electron chi connectivity index (χ1n) is 6.77. The van der Waals surface area contributed by atoms with Crippen molar-refractivity contribution >= 4 is 5.91 Å². The van der Waals surface area contributed by atoms with Crippen LogP contribution in [0, 0.1) is 0 Å². The molecule has 0 aliphatic heterocycles. The van der Waals surface area contributed by atoms with Crippen LogP contribution in [0.1, 0.15) is 26.3 Å². The highest BCUT2D eigenvalue weighted by Gasteiger charge is 2.32. The molecule has 0 saturated carbocycles. The van der Waals surface area contributed by atoms with Gasteiger partial charge in [-0.2, -0.15) is 0 Å². The van der Waals surface area contributed by atoms with Gasteiger partial charge < -0.3 is 14.4 Å². The molecular weight excluding hydrogens is 254 g/mol. The lowest BCUT2D eigenvalue weighted by atomic mass is 10.0. The maximum Gasteiger partial charge on any atom is 0.254 e. The molecule has 1 unspecified atom stereocenters. The van der Waals surface area contributed by atoms with Crippen molar-refractivity contribution in [2.45, 2.75) is 38.8 Å². The highest BCUT2D eigenvalue weighted by Crippen LogP contribution is 2.21. The molecule has 0 aliphatic carbocycles. The molecule has 4 heteroatoms. The maximum atomic E-state index is 12.4. The van der Waals surface area contributed by atoms with Gasteiger partial charge in [0.05, 0.1) is 7.11 Å². The van der Waals surface area contributed by atoms with E-state index < -0.39 is 5.60 Å². The summed E-state index contributed by atoms with van der Waals surface area (Å²) in [5.41, 5.74) is 0.293. The van der Waals surface area contributed by atoms with Crippen LogP contribution in [0.25, 0.3) is 0 Å². The molecule has 1 aromatic carbocycles. The Labute approximate surface area is 121 Å². The highest BCUT2D eigenvalue weighted by atomic mass is 16.5. The van der Waals surface area contributed by atoms with Crippen molar-refractivity contribution in [2.75, 3.05) is 21.3 Å². The Morgan fingerprint density at radius 2 is 1.90 bits per heavy atom. The summed E-state index contributed by atoms with van der Waals surface area (Å²) in [5, 5.41) is 0. The van der Waals surface area contributed by atoms with Gasteiger partial charge in [0.15, 0.2) is 0 Å². The summed E-state index contributed by atoms with van der Waals surface area (Å²) in [6.45, 7) is 5.58. The number of hydrogen-bond donors (Lipinski definition) is 0. The normalized spacial score (nSPS) is 12.9. The molecule has 1 amide bonds. The van der Waals surface area contributed by atoms with Gasteiger partial charge in [-0.3, -0.25) is 4.79 Å². The minimum absolute atomic E-state index is 0.0256. The van der Waals surface area contributed by atoms with Crippen LogP contribution in [0.4, 0.5) is 0 Å². The maximum absolute atomic E-state index is 12.4. The number of hydrogen-bond acceptors (Lipinski definition) is 3. The average Bonchev–Trinajstić information content (AvgIpc) is 2.46. The first kappa shape index (κ1) is 16.5. The number of ether oxygens (including phenoxy) is 2. The first-order valence-corrected chi connectivity index (χ1v) is 6.77. The second kappa shape index (κ2) is 6.75. The van der Waals surface area contributed by atoms with Gasteiger partial charge in [0.2, 0.25) is 0 Å². The van der Waals surface area contributed by atoms with Gasteiger partial charge >= 0.3 is 0 Å². The zero-order valence-corrected chi connectivity index (χ0v) is 13.3. The number of carbonyl (C=O) groups is 1. The minimum Gasteiger partial charge on any atom is -0.496 e. The topological polar surface area (TPSA) is 38.8 Å². The third-order valence-electron chi connectivity index (χ3n) is 3.71. The van der Waals surface area contributed by atoms with E-state index in [9.17, 15) is 4.79 Å². The van der Waals surface area contributed by atoms with E-state index in [4.69, 9.17) is 9.47 Å². The van der Waals surface area contributed by atoms with Crippen molar-refractivity contribution in [3.8, 4) is 5.75 Å². The largest absolute Gasteiger partial charge is 0.496 e. The Morgan fingerprint density at radius 1 is 1.30 bits per heavy atom. The summed E-state index contributed by atoms with van der Waals surface area (Å²) in [6, 6.07) is 7.94. The molecule has 0 radical (unpaired) electrons. The molecule has 0 bridgehead atoms. The summed E-state index contributed by atoms with van der Waals surface area (Å²) in [4.78, 5) is 14.1. The van der Waals surface area contributed by atoms with Crippen molar-refractivity contribution < 1.29 is 14.3 Å². The predicted octanol–water partition coefficient (Wildman–Crippen LogP) is 2.51. The van der Waals surface area contributed by atoms with Crippen LogP contribution in [0.5, 0.6) is 5.75 Å². The molecule has 1 atom stereocenters. The zero-order chi connectivity index (χ0) is 15.3. The van der Waals surface area contributed by atoms with Crippen LogP contribution in [0.3, 0.4) is 0 Å². The third kappa shape index (κ3) is 3.73. The Balaban J connectivity index is 2.80. The van der Waals surface area contributed by atoms with E-state index >= 15 is 0 Å². The fourth-order valence-corrected chi connectivity index (χ4v) is 2.04. The molecule has 0 N–H and O–H groups in total. The molecule has 1 rings (SSSR count). The molecule has 0 saturated heterocycles. The fourth-order valence-electron chi connectivity index (χ4n) is 2.04. The van der Waals surface area contributed by atoms with Crippen LogP contribution in [-0.2, 0) is 16.0 Å².